The van der Waals surface area contributed by atoms with E-state index >= 15 is 0 Å². The van der Waals surface area contributed by atoms with Gasteiger partial charge in [0.1, 0.15) is 5.82 Å². The highest BCUT2D eigenvalue weighted by Gasteiger charge is 2.14. The minimum Gasteiger partial charge on any atom is -0.325 e. The van der Waals surface area contributed by atoms with Gasteiger partial charge in [0.05, 0.1) is 11.5 Å². The third-order valence-electron chi connectivity index (χ3n) is 4.29. The van der Waals surface area contributed by atoms with Gasteiger partial charge in [-0.25, -0.2) is 0 Å². The molecule has 5 nitrogen and oxygen atoms in total. The van der Waals surface area contributed by atoms with Gasteiger partial charge < -0.3 is 9.88 Å². The number of carbonyl (C=O) groups is 1. The quantitative estimate of drug-likeness (QED) is 0.346. The van der Waals surface area contributed by atoms with Gasteiger partial charge in [0.15, 0.2) is 5.16 Å². The number of hydrogen-bond donors (Lipinski definition) is 1. The van der Waals surface area contributed by atoms with Crippen LogP contribution < -0.4 is 5.32 Å². The van der Waals surface area contributed by atoms with Gasteiger partial charge in [0, 0.05) is 18.0 Å². The van der Waals surface area contributed by atoms with Gasteiger partial charge >= 0.3 is 0 Å². The number of thioether (sulfide) groups is 2. The summed E-state index contributed by atoms with van der Waals surface area (Å²) >= 11 is 3.19. The highest BCUT2D eigenvalue weighted by atomic mass is 32.2. The average Bonchev–Trinajstić information content (AvgIpc) is 3.08. The number of amides is 1. The van der Waals surface area contributed by atoms with E-state index in [9.17, 15) is 4.79 Å². The van der Waals surface area contributed by atoms with Crippen molar-refractivity contribution in [3.63, 3.8) is 0 Å². The van der Waals surface area contributed by atoms with Crippen molar-refractivity contribution in [2.75, 3.05) is 11.1 Å². The predicted molar refractivity (Wildman–Crippen MR) is 127 cm³/mol. The summed E-state index contributed by atoms with van der Waals surface area (Å²) in [7, 11) is 0. The van der Waals surface area contributed by atoms with Crippen molar-refractivity contribution in [1.82, 2.24) is 14.8 Å². The summed E-state index contributed by atoms with van der Waals surface area (Å²) in [5.74, 6) is 2.79. The first-order chi connectivity index (χ1) is 14.5. The fourth-order valence-electron chi connectivity index (χ4n) is 3.05. The number of rotatable bonds is 10. The monoisotopic (exact) mass is 438 g/mol. The molecule has 2 aromatic carbocycles. The van der Waals surface area contributed by atoms with Crippen molar-refractivity contribution in [2.45, 2.75) is 37.1 Å². The molecule has 1 heterocycles. The van der Waals surface area contributed by atoms with Gasteiger partial charge in [-0.1, -0.05) is 54.2 Å². The molecule has 7 heteroatoms. The van der Waals surface area contributed by atoms with E-state index in [0.717, 1.165) is 39.3 Å². The molecule has 0 atom stereocenters. The number of hydrogen-bond acceptors (Lipinski definition) is 5. The first-order valence-electron chi connectivity index (χ1n) is 9.70. The summed E-state index contributed by atoms with van der Waals surface area (Å²) in [5, 5.41) is 12.3. The lowest BCUT2D eigenvalue weighted by Gasteiger charge is -2.09. The van der Waals surface area contributed by atoms with E-state index in [1.807, 2.05) is 54.8 Å². The first-order valence-corrected chi connectivity index (χ1v) is 11.8. The normalized spacial score (nSPS) is 10.7. The molecule has 0 aliphatic heterocycles. The van der Waals surface area contributed by atoms with Crippen molar-refractivity contribution in [3.8, 4) is 0 Å². The van der Waals surface area contributed by atoms with Crippen LogP contribution >= 0.6 is 23.5 Å². The lowest BCUT2D eigenvalue weighted by molar-refractivity contribution is -0.113. The van der Waals surface area contributed by atoms with Crippen molar-refractivity contribution in [3.05, 3.63) is 83.7 Å². The predicted octanol–water partition coefficient (Wildman–Crippen LogP) is 5.25. The van der Waals surface area contributed by atoms with Crippen LogP contribution in [-0.2, 0) is 22.8 Å². The topological polar surface area (TPSA) is 59.8 Å². The fourth-order valence-corrected chi connectivity index (χ4v) is 4.75. The maximum Gasteiger partial charge on any atom is 0.234 e. The standard InChI is InChI=1S/C23H26N4OS2/c1-4-10-27-21(15-29-14-19-8-6-5-7-9-19)25-26-23(27)30-16-22(28)24-20-12-17(2)11-18(3)13-20/h4-9,11-13H,1,10,14-16H2,2-3H3,(H,24,28). The summed E-state index contributed by atoms with van der Waals surface area (Å²) in [6, 6.07) is 16.4. The Balaban J connectivity index is 1.57. The minimum atomic E-state index is -0.0573. The van der Waals surface area contributed by atoms with Crippen molar-refractivity contribution < 1.29 is 4.79 Å². The third-order valence-corrected chi connectivity index (χ3v) is 6.25. The van der Waals surface area contributed by atoms with E-state index in [0.29, 0.717) is 6.54 Å². The second kappa shape index (κ2) is 11.0. The Morgan fingerprint density at radius 2 is 1.83 bits per heavy atom. The maximum absolute atomic E-state index is 12.4. The number of benzene rings is 2. The summed E-state index contributed by atoms with van der Waals surface area (Å²) in [4.78, 5) is 12.4. The number of nitrogens with zero attached hydrogens (tertiary/aromatic N) is 3. The molecule has 0 radical (unpaired) electrons. The third kappa shape index (κ3) is 6.50. The van der Waals surface area contributed by atoms with Crippen LogP contribution in [0.2, 0.25) is 0 Å². The molecule has 1 N–H and O–H groups in total. The molecule has 1 aromatic heterocycles. The number of aromatic nitrogens is 3. The van der Waals surface area contributed by atoms with Crippen LogP contribution in [0.5, 0.6) is 0 Å². The Labute approximate surface area is 186 Å². The molecule has 0 spiro atoms. The largest absolute Gasteiger partial charge is 0.325 e. The molecule has 156 valence electrons. The number of allylic oxidation sites excluding steroid dienone is 1. The molecule has 0 saturated heterocycles. The van der Waals surface area contributed by atoms with E-state index < -0.39 is 0 Å². The lowest BCUT2D eigenvalue weighted by Crippen LogP contribution is -2.15. The molecule has 0 unspecified atom stereocenters. The van der Waals surface area contributed by atoms with Crippen LogP contribution in [0.1, 0.15) is 22.5 Å². The highest BCUT2D eigenvalue weighted by Crippen LogP contribution is 2.22. The second-order valence-electron chi connectivity index (χ2n) is 6.99. The van der Waals surface area contributed by atoms with Crippen molar-refractivity contribution in [2.24, 2.45) is 0 Å². The highest BCUT2D eigenvalue weighted by molar-refractivity contribution is 7.99. The molecule has 0 bridgehead atoms. The van der Waals surface area contributed by atoms with Crippen LogP contribution in [0, 0.1) is 13.8 Å². The van der Waals surface area contributed by atoms with Gasteiger partial charge in [-0.3, -0.25) is 4.79 Å². The van der Waals surface area contributed by atoms with E-state index in [4.69, 9.17) is 0 Å². The van der Waals surface area contributed by atoms with Crippen LogP contribution in [0.3, 0.4) is 0 Å². The van der Waals surface area contributed by atoms with E-state index in [-0.39, 0.29) is 11.7 Å². The number of aryl methyl sites for hydroxylation is 2. The smallest absolute Gasteiger partial charge is 0.234 e. The Hall–Kier alpha value is -2.51. The molecule has 0 aliphatic rings. The minimum absolute atomic E-state index is 0.0573. The van der Waals surface area contributed by atoms with Crippen LogP contribution in [-0.4, -0.2) is 26.4 Å². The molecule has 3 aromatic rings. The van der Waals surface area contributed by atoms with Crippen LogP contribution in [0.25, 0.3) is 0 Å². The zero-order valence-electron chi connectivity index (χ0n) is 17.3. The lowest BCUT2D eigenvalue weighted by atomic mass is 10.1. The van der Waals surface area contributed by atoms with Gasteiger partial charge in [0.2, 0.25) is 5.91 Å². The Bertz CT molecular complexity index is 981. The zero-order chi connectivity index (χ0) is 21.3. The van der Waals surface area contributed by atoms with Gasteiger partial charge in [-0.05, 0) is 42.7 Å². The summed E-state index contributed by atoms with van der Waals surface area (Å²) in [6.45, 7) is 8.50. The molecule has 0 aliphatic carbocycles. The molecule has 0 saturated carbocycles. The SMILES string of the molecule is C=CCn1c(CSCc2ccccc2)nnc1SCC(=O)Nc1cc(C)cc(C)c1. The zero-order valence-corrected chi connectivity index (χ0v) is 18.9. The second-order valence-corrected chi connectivity index (χ2v) is 8.92. The van der Waals surface area contributed by atoms with Crippen molar-refractivity contribution in [1.29, 1.82) is 0 Å². The molecule has 0 fully saturated rings. The van der Waals surface area contributed by atoms with Gasteiger partial charge in [-0.15, -0.1) is 28.5 Å². The Morgan fingerprint density at radius 3 is 2.53 bits per heavy atom. The molecule has 3 rings (SSSR count). The molecular weight excluding hydrogens is 412 g/mol. The first kappa shape index (κ1) is 22.2. The number of anilines is 1. The van der Waals surface area contributed by atoms with Crippen LogP contribution in [0.15, 0.2) is 66.3 Å². The molecule has 1 amide bonds. The summed E-state index contributed by atoms with van der Waals surface area (Å²) < 4.78 is 2.03. The fraction of sp³-hybridized carbons (Fsp3) is 0.261. The number of nitrogens with one attached hydrogen (secondary N) is 1. The maximum atomic E-state index is 12.4. The average molecular weight is 439 g/mol. The van der Waals surface area contributed by atoms with Gasteiger partial charge in [0.25, 0.3) is 0 Å². The Morgan fingerprint density at radius 1 is 1.10 bits per heavy atom. The molecular formula is C23H26N4OS2. The van der Waals surface area contributed by atoms with Gasteiger partial charge in [-0.2, -0.15) is 0 Å². The number of carbonyl (C=O) groups excluding carboxylic acids is 1. The van der Waals surface area contributed by atoms with E-state index in [1.165, 1.54) is 17.3 Å². The van der Waals surface area contributed by atoms with Crippen molar-refractivity contribution >= 4 is 35.1 Å². The van der Waals surface area contributed by atoms with E-state index in [2.05, 4.69) is 40.3 Å². The summed E-state index contributed by atoms with van der Waals surface area (Å²) in [6.07, 6.45) is 1.83. The summed E-state index contributed by atoms with van der Waals surface area (Å²) in [5.41, 5.74) is 4.36. The molecule has 30 heavy (non-hydrogen) atoms. The Kier molecular flexibility index (Phi) is 8.16. The van der Waals surface area contributed by atoms with Crippen LogP contribution in [0.4, 0.5) is 5.69 Å². The van der Waals surface area contributed by atoms with E-state index in [1.54, 1.807) is 11.8 Å².